The van der Waals surface area contributed by atoms with Crippen LogP contribution >= 0.6 is 7.60 Å². The topological polar surface area (TPSA) is 90.9 Å². The number of methoxy groups -OCH3 is 1. The molecule has 0 saturated carbocycles. The molecule has 0 saturated heterocycles. The minimum absolute atomic E-state index is 0.0973. The van der Waals surface area contributed by atoms with E-state index in [9.17, 15) is 14.2 Å². The van der Waals surface area contributed by atoms with E-state index in [4.69, 9.17) is 13.8 Å². The monoisotopic (exact) mass is 419 g/mol. The highest BCUT2D eigenvalue weighted by Gasteiger charge is 2.24. The van der Waals surface area contributed by atoms with Gasteiger partial charge in [-0.3, -0.25) is 9.36 Å². The largest absolute Gasteiger partial charge is 0.467 e. The SMILES string of the molecule is COC(=O)[C@@H](Cc1ccc(C)cc1)NC(=O)c1ccc(CP(=O)(OC)OC)cc1. The van der Waals surface area contributed by atoms with Crippen molar-refractivity contribution in [1.29, 1.82) is 0 Å². The van der Waals surface area contributed by atoms with Crippen LogP contribution < -0.4 is 5.32 Å². The van der Waals surface area contributed by atoms with Crippen LogP contribution in [0.4, 0.5) is 0 Å². The van der Waals surface area contributed by atoms with Gasteiger partial charge in [-0.2, -0.15) is 0 Å². The first kappa shape index (κ1) is 22.8. The van der Waals surface area contributed by atoms with E-state index in [1.807, 2.05) is 31.2 Å². The van der Waals surface area contributed by atoms with Gasteiger partial charge in [0, 0.05) is 26.2 Å². The molecule has 0 spiro atoms. The van der Waals surface area contributed by atoms with E-state index in [1.54, 1.807) is 24.3 Å². The van der Waals surface area contributed by atoms with Crippen molar-refractivity contribution in [3.8, 4) is 0 Å². The number of carbonyl (C=O) groups excluding carboxylic acids is 2. The number of rotatable bonds is 9. The maximum Gasteiger partial charge on any atom is 0.334 e. The van der Waals surface area contributed by atoms with Crippen LogP contribution in [-0.4, -0.2) is 39.2 Å². The average molecular weight is 419 g/mol. The predicted molar refractivity (Wildman–Crippen MR) is 110 cm³/mol. The Labute approximate surface area is 170 Å². The Bertz CT molecular complexity index is 871. The Kier molecular flexibility index (Phi) is 8.14. The Hall–Kier alpha value is -2.47. The zero-order valence-corrected chi connectivity index (χ0v) is 17.9. The summed E-state index contributed by atoms with van der Waals surface area (Å²) in [6, 6.07) is 13.5. The van der Waals surface area contributed by atoms with Crippen LogP contribution in [0.15, 0.2) is 48.5 Å². The number of nitrogens with one attached hydrogen (secondary N) is 1. The second-order valence-electron chi connectivity index (χ2n) is 6.57. The van der Waals surface area contributed by atoms with Gasteiger partial charge in [0.15, 0.2) is 0 Å². The van der Waals surface area contributed by atoms with Crippen LogP contribution in [0.3, 0.4) is 0 Å². The number of aryl methyl sites for hydroxylation is 1. The molecule has 0 bridgehead atoms. The quantitative estimate of drug-likeness (QED) is 0.494. The van der Waals surface area contributed by atoms with E-state index in [-0.39, 0.29) is 6.16 Å². The van der Waals surface area contributed by atoms with Crippen LogP contribution in [0.5, 0.6) is 0 Å². The average Bonchev–Trinajstić information content (AvgIpc) is 2.74. The van der Waals surface area contributed by atoms with Crippen LogP contribution in [-0.2, 0) is 35.7 Å². The molecule has 0 aliphatic rings. The number of esters is 1. The Morgan fingerprint density at radius 1 is 0.931 bits per heavy atom. The lowest BCUT2D eigenvalue weighted by Gasteiger charge is -2.17. The van der Waals surface area contributed by atoms with Gasteiger partial charge in [-0.15, -0.1) is 0 Å². The van der Waals surface area contributed by atoms with Crippen LogP contribution in [0, 0.1) is 6.92 Å². The zero-order valence-electron chi connectivity index (χ0n) is 17.0. The first-order chi connectivity index (χ1) is 13.8. The first-order valence-electron chi connectivity index (χ1n) is 9.04. The molecule has 156 valence electrons. The third kappa shape index (κ3) is 6.53. The standard InChI is InChI=1S/C21H26NO6P/c1-15-5-7-16(8-6-15)13-19(21(24)26-2)22-20(23)18-11-9-17(10-12-18)14-29(25,27-3)28-4/h5-12,19H,13-14H2,1-4H3,(H,22,23)/t19-/m1/s1. The summed E-state index contributed by atoms with van der Waals surface area (Å²) >= 11 is 0. The van der Waals surface area contributed by atoms with Crippen molar-refractivity contribution in [3.63, 3.8) is 0 Å². The molecular formula is C21H26NO6P. The lowest BCUT2D eigenvalue weighted by molar-refractivity contribution is -0.142. The molecule has 8 heteroatoms. The number of amides is 1. The van der Waals surface area contributed by atoms with Crippen LogP contribution in [0.2, 0.25) is 0 Å². The number of hydrogen-bond acceptors (Lipinski definition) is 6. The van der Waals surface area contributed by atoms with E-state index in [0.29, 0.717) is 17.5 Å². The minimum Gasteiger partial charge on any atom is -0.467 e. The van der Waals surface area contributed by atoms with Crippen molar-refractivity contribution in [2.75, 3.05) is 21.3 Å². The fourth-order valence-corrected chi connectivity index (χ4v) is 3.79. The molecule has 0 heterocycles. The first-order valence-corrected chi connectivity index (χ1v) is 10.8. The van der Waals surface area contributed by atoms with Crippen molar-refractivity contribution >= 4 is 19.5 Å². The van der Waals surface area contributed by atoms with Gasteiger partial charge in [0.2, 0.25) is 0 Å². The molecule has 0 aliphatic heterocycles. The molecule has 1 atom stereocenters. The smallest absolute Gasteiger partial charge is 0.334 e. The van der Waals surface area contributed by atoms with Gasteiger partial charge in [-0.25, -0.2) is 4.79 Å². The second kappa shape index (κ2) is 10.3. The van der Waals surface area contributed by atoms with Gasteiger partial charge >= 0.3 is 13.6 Å². The second-order valence-corrected chi connectivity index (χ2v) is 8.84. The molecule has 0 aromatic heterocycles. The van der Waals surface area contributed by atoms with Crippen molar-refractivity contribution in [1.82, 2.24) is 5.32 Å². The number of hydrogen-bond donors (Lipinski definition) is 1. The summed E-state index contributed by atoms with van der Waals surface area (Å²) in [5.41, 5.74) is 3.10. The summed E-state index contributed by atoms with van der Waals surface area (Å²) < 4.78 is 26.9. The third-order valence-corrected chi connectivity index (χ3v) is 6.37. The molecular weight excluding hydrogens is 393 g/mol. The molecule has 0 radical (unpaired) electrons. The van der Waals surface area contributed by atoms with Gasteiger partial charge in [0.25, 0.3) is 5.91 Å². The molecule has 2 aromatic rings. The zero-order chi connectivity index (χ0) is 21.4. The number of benzene rings is 2. The van der Waals surface area contributed by atoms with Crippen LogP contribution in [0.25, 0.3) is 0 Å². The van der Waals surface area contributed by atoms with Crippen molar-refractivity contribution in [2.45, 2.75) is 25.5 Å². The van der Waals surface area contributed by atoms with Crippen LogP contribution in [0.1, 0.15) is 27.0 Å². The maximum absolute atomic E-state index is 12.6. The van der Waals surface area contributed by atoms with Gasteiger partial charge < -0.3 is 19.1 Å². The Morgan fingerprint density at radius 3 is 2.00 bits per heavy atom. The van der Waals surface area contributed by atoms with Crippen molar-refractivity contribution < 1.29 is 27.9 Å². The lowest BCUT2D eigenvalue weighted by Crippen LogP contribution is -2.43. The van der Waals surface area contributed by atoms with Gasteiger partial charge in [0.1, 0.15) is 6.04 Å². The molecule has 7 nitrogen and oxygen atoms in total. The summed E-state index contributed by atoms with van der Waals surface area (Å²) in [7, 11) is 0.754. The summed E-state index contributed by atoms with van der Waals surface area (Å²) in [6.07, 6.45) is 0.418. The summed E-state index contributed by atoms with van der Waals surface area (Å²) in [4.78, 5) is 24.7. The van der Waals surface area contributed by atoms with Gasteiger partial charge in [0.05, 0.1) is 13.3 Å². The van der Waals surface area contributed by atoms with Gasteiger partial charge in [-0.1, -0.05) is 42.0 Å². The molecule has 0 aliphatic carbocycles. The fraction of sp³-hybridized carbons (Fsp3) is 0.333. The molecule has 2 rings (SSSR count). The highest BCUT2D eigenvalue weighted by Crippen LogP contribution is 2.49. The molecule has 0 unspecified atom stereocenters. The highest BCUT2D eigenvalue weighted by molar-refractivity contribution is 7.52. The molecule has 1 N–H and O–H groups in total. The van der Waals surface area contributed by atoms with Crippen molar-refractivity contribution in [2.24, 2.45) is 0 Å². The molecule has 2 aromatic carbocycles. The summed E-state index contributed by atoms with van der Waals surface area (Å²) in [6.45, 7) is 1.98. The lowest BCUT2D eigenvalue weighted by atomic mass is 10.0. The normalized spacial score (nSPS) is 12.3. The summed E-state index contributed by atoms with van der Waals surface area (Å²) in [5.74, 6) is -0.919. The molecule has 1 amide bonds. The molecule has 0 fully saturated rings. The van der Waals surface area contributed by atoms with E-state index in [2.05, 4.69) is 5.32 Å². The minimum atomic E-state index is -3.19. The number of carbonyl (C=O) groups is 2. The van der Waals surface area contributed by atoms with Gasteiger partial charge in [-0.05, 0) is 30.2 Å². The third-order valence-electron chi connectivity index (χ3n) is 4.50. The van der Waals surface area contributed by atoms with E-state index >= 15 is 0 Å². The fourth-order valence-electron chi connectivity index (χ4n) is 2.73. The Morgan fingerprint density at radius 2 is 1.48 bits per heavy atom. The summed E-state index contributed by atoms with van der Waals surface area (Å²) in [5, 5.41) is 2.72. The van der Waals surface area contributed by atoms with E-state index in [0.717, 1.165) is 11.1 Å². The maximum atomic E-state index is 12.6. The van der Waals surface area contributed by atoms with Crippen molar-refractivity contribution in [3.05, 3.63) is 70.8 Å². The van der Waals surface area contributed by atoms with E-state index < -0.39 is 25.5 Å². The van der Waals surface area contributed by atoms with E-state index in [1.165, 1.54) is 21.3 Å². The predicted octanol–water partition coefficient (Wildman–Crippen LogP) is 3.50. The highest BCUT2D eigenvalue weighted by atomic mass is 31.2. The Balaban J connectivity index is 2.09. The molecule has 29 heavy (non-hydrogen) atoms. The number of ether oxygens (including phenoxy) is 1.